The number of hydrogen-bond acceptors (Lipinski definition) is 4. The van der Waals surface area contributed by atoms with Crippen molar-refractivity contribution < 1.29 is 19.8 Å². The third-order valence-corrected chi connectivity index (χ3v) is 6.41. The quantitative estimate of drug-likeness (QED) is 0.392. The topological polar surface area (TPSA) is 89.9 Å². The lowest BCUT2D eigenvalue weighted by molar-refractivity contribution is -0.139. The molecular weight excluding hydrogens is 464 g/mol. The molecule has 4 rings (SSSR count). The van der Waals surface area contributed by atoms with E-state index in [1.807, 2.05) is 24.3 Å². The molecule has 7 heteroatoms. The van der Waals surface area contributed by atoms with E-state index < -0.39 is 17.4 Å². The summed E-state index contributed by atoms with van der Waals surface area (Å²) in [4.78, 5) is 27.7. The van der Waals surface area contributed by atoms with Gasteiger partial charge in [-0.05, 0) is 54.4 Å². The molecular formula is C28H27ClN2O4. The summed E-state index contributed by atoms with van der Waals surface area (Å²) in [6.07, 6.45) is 3.92. The summed E-state index contributed by atoms with van der Waals surface area (Å²) in [6, 6.07) is 21.2. The predicted molar refractivity (Wildman–Crippen MR) is 137 cm³/mol. The average molecular weight is 491 g/mol. The van der Waals surface area contributed by atoms with Gasteiger partial charge in [0.1, 0.15) is 0 Å². The van der Waals surface area contributed by atoms with Gasteiger partial charge in [-0.25, -0.2) is 0 Å². The third-order valence-electron chi connectivity index (χ3n) is 6.17. The van der Waals surface area contributed by atoms with Crippen molar-refractivity contribution >= 4 is 34.8 Å². The monoisotopic (exact) mass is 490 g/mol. The second kappa shape index (κ2) is 10.4. The normalized spacial score (nSPS) is 18.1. The van der Waals surface area contributed by atoms with Gasteiger partial charge in [-0.15, -0.1) is 0 Å². The summed E-state index contributed by atoms with van der Waals surface area (Å²) in [5, 5.41) is 24.0. The molecule has 2 amide bonds. The summed E-state index contributed by atoms with van der Waals surface area (Å²) < 4.78 is 0. The molecule has 35 heavy (non-hydrogen) atoms. The lowest BCUT2D eigenvalue weighted by Crippen LogP contribution is -2.44. The van der Waals surface area contributed by atoms with Crippen molar-refractivity contribution in [3.8, 4) is 0 Å². The van der Waals surface area contributed by atoms with Crippen LogP contribution in [-0.2, 0) is 16.9 Å². The summed E-state index contributed by atoms with van der Waals surface area (Å²) in [7, 11) is 0. The zero-order chi connectivity index (χ0) is 25.0. The van der Waals surface area contributed by atoms with Crippen molar-refractivity contribution in [3.63, 3.8) is 0 Å². The molecule has 3 aromatic carbocycles. The minimum absolute atomic E-state index is 0.0126. The molecule has 1 aliphatic rings. The number of rotatable bonds is 8. The fraction of sp³-hybridized carbons (Fsp3) is 0.214. The maximum Gasteiger partial charge on any atom is 0.264 e. The van der Waals surface area contributed by atoms with E-state index in [0.717, 1.165) is 5.56 Å². The highest BCUT2D eigenvalue weighted by molar-refractivity contribution is 6.31. The van der Waals surface area contributed by atoms with Crippen LogP contribution in [0.25, 0.3) is 0 Å². The molecule has 0 saturated heterocycles. The van der Waals surface area contributed by atoms with E-state index in [2.05, 4.69) is 5.32 Å². The molecule has 3 aromatic rings. The van der Waals surface area contributed by atoms with Crippen LogP contribution >= 0.6 is 11.6 Å². The molecule has 180 valence electrons. The van der Waals surface area contributed by atoms with Gasteiger partial charge in [-0.2, -0.15) is 0 Å². The summed E-state index contributed by atoms with van der Waals surface area (Å²) in [5.41, 5.74) is 1.19. The van der Waals surface area contributed by atoms with Crippen LogP contribution in [-0.4, -0.2) is 28.6 Å². The number of aliphatic hydroxyl groups excluding tert-OH is 1. The van der Waals surface area contributed by atoms with Crippen LogP contribution in [0.5, 0.6) is 0 Å². The van der Waals surface area contributed by atoms with Crippen molar-refractivity contribution in [2.75, 3.05) is 16.8 Å². The number of nitrogens with one attached hydrogen (secondary N) is 1. The molecule has 6 nitrogen and oxygen atoms in total. The Morgan fingerprint density at radius 1 is 1.11 bits per heavy atom. The number of fused-ring (bicyclic) bond motifs is 1. The first-order valence-electron chi connectivity index (χ1n) is 11.4. The molecule has 0 radical (unpaired) electrons. The van der Waals surface area contributed by atoms with Crippen molar-refractivity contribution in [1.29, 1.82) is 0 Å². The summed E-state index contributed by atoms with van der Waals surface area (Å²) in [6.45, 7) is 1.96. The number of halogens is 1. The Morgan fingerprint density at radius 3 is 2.63 bits per heavy atom. The predicted octanol–water partition coefficient (Wildman–Crippen LogP) is 4.90. The van der Waals surface area contributed by atoms with Crippen LogP contribution < -0.4 is 10.2 Å². The first-order valence-corrected chi connectivity index (χ1v) is 11.8. The van der Waals surface area contributed by atoms with Crippen LogP contribution in [0.3, 0.4) is 0 Å². The molecule has 0 saturated carbocycles. The molecule has 3 N–H and O–H groups in total. The Labute approximate surface area is 209 Å². The first-order chi connectivity index (χ1) is 16.8. The van der Waals surface area contributed by atoms with E-state index in [4.69, 9.17) is 16.7 Å². The van der Waals surface area contributed by atoms with Crippen LogP contribution in [0, 0.1) is 5.92 Å². The highest BCUT2D eigenvalue weighted by Crippen LogP contribution is 2.46. The Morgan fingerprint density at radius 2 is 1.89 bits per heavy atom. The van der Waals surface area contributed by atoms with Gasteiger partial charge >= 0.3 is 0 Å². The minimum Gasteiger partial charge on any atom is -0.396 e. The lowest BCUT2D eigenvalue weighted by atomic mass is 9.83. The minimum atomic E-state index is -1.79. The smallest absolute Gasteiger partial charge is 0.264 e. The number of carbonyl (C=O) groups excluding carboxylic acids is 2. The molecule has 0 bridgehead atoms. The maximum absolute atomic E-state index is 13.6. The SMILES string of the molecule is C[C@@H](/C=C/CCO)[C@]1(O)C(=O)N(Cc2cccc(NC(=O)c3ccccc3)c2)c2ccc(Cl)cc21. The van der Waals surface area contributed by atoms with Crippen LogP contribution in [0.4, 0.5) is 11.4 Å². The third kappa shape index (κ3) is 5.00. The molecule has 0 unspecified atom stereocenters. The molecule has 0 aliphatic carbocycles. The van der Waals surface area contributed by atoms with Crippen molar-refractivity contribution in [3.05, 3.63) is 107 Å². The molecule has 2 atom stereocenters. The van der Waals surface area contributed by atoms with Gasteiger partial charge in [-0.3, -0.25) is 9.59 Å². The standard InChI is InChI=1S/C28H27ClN2O4/c1-19(8-5-6-15-32)28(35)24-17-22(29)13-14-25(24)31(27(28)34)18-20-9-7-12-23(16-20)30-26(33)21-10-3-2-4-11-21/h2-5,7-14,16-17,19,32,35H,6,15,18H2,1H3,(H,30,33)/b8-5+/t19-,28+/m0/s1. The fourth-order valence-electron chi connectivity index (χ4n) is 4.31. The van der Waals surface area contributed by atoms with Gasteiger partial charge in [0.25, 0.3) is 11.8 Å². The van der Waals surface area contributed by atoms with E-state index in [-0.39, 0.29) is 19.1 Å². The first kappa shape index (κ1) is 24.7. The van der Waals surface area contributed by atoms with Gasteiger partial charge < -0.3 is 20.4 Å². The van der Waals surface area contributed by atoms with Gasteiger partial charge in [0.05, 0.1) is 12.2 Å². The number of amides is 2. The van der Waals surface area contributed by atoms with Gasteiger partial charge in [0, 0.05) is 34.4 Å². The van der Waals surface area contributed by atoms with Gasteiger partial charge in [-0.1, -0.05) is 61.0 Å². The molecule has 1 aliphatic heterocycles. The summed E-state index contributed by atoms with van der Waals surface area (Å²) in [5.74, 6) is -1.22. The van der Waals surface area contributed by atoms with Crippen molar-refractivity contribution in [2.24, 2.45) is 5.92 Å². The Bertz CT molecular complexity index is 1260. The maximum atomic E-state index is 13.6. The van der Waals surface area contributed by atoms with E-state index >= 15 is 0 Å². The van der Waals surface area contributed by atoms with E-state index in [1.165, 1.54) is 0 Å². The van der Waals surface area contributed by atoms with E-state index in [1.54, 1.807) is 72.5 Å². The van der Waals surface area contributed by atoms with Gasteiger partial charge in [0.2, 0.25) is 0 Å². The highest BCUT2D eigenvalue weighted by Gasteiger charge is 2.52. The lowest BCUT2D eigenvalue weighted by Gasteiger charge is -2.27. The van der Waals surface area contributed by atoms with Gasteiger partial charge in [0.15, 0.2) is 5.60 Å². The zero-order valence-electron chi connectivity index (χ0n) is 19.3. The number of benzene rings is 3. The number of nitrogens with zero attached hydrogens (tertiary/aromatic N) is 1. The van der Waals surface area contributed by atoms with Crippen molar-refractivity contribution in [1.82, 2.24) is 0 Å². The Kier molecular flexibility index (Phi) is 7.36. The van der Waals surface area contributed by atoms with Crippen LogP contribution in [0.1, 0.15) is 34.8 Å². The van der Waals surface area contributed by atoms with E-state index in [0.29, 0.717) is 33.9 Å². The Hall–Kier alpha value is -3.45. The molecule has 0 spiro atoms. The number of carbonyl (C=O) groups is 2. The second-order valence-corrected chi connectivity index (χ2v) is 9.01. The van der Waals surface area contributed by atoms with E-state index in [9.17, 15) is 14.7 Å². The Balaban J connectivity index is 1.61. The molecule has 0 aromatic heterocycles. The molecule has 1 heterocycles. The fourth-order valence-corrected chi connectivity index (χ4v) is 4.49. The van der Waals surface area contributed by atoms with Crippen molar-refractivity contribution in [2.45, 2.75) is 25.5 Å². The largest absolute Gasteiger partial charge is 0.396 e. The molecule has 0 fully saturated rings. The number of anilines is 2. The van der Waals surface area contributed by atoms with Crippen LogP contribution in [0.2, 0.25) is 5.02 Å². The number of hydrogen-bond donors (Lipinski definition) is 3. The van der Waals surface area contributed by atoms with Crippen LogP contribution in [0.15, 0.2) is 84.9 Å². The second-order valence-electron chi connectivity index (χ2n) is 8.57. The highest BCUT2D eigenvalue weighted by atomic mass is 35.5. The zero-order valence-corrected chi connectivity index (χ0v) is 20.1. The number of aliphatic hydroxyl groups is 2. The average Bonchev–Trinajstić information content (AvgIpc) is 3.07. The summed E-state index contributed by atoms with van der Waals surface area (Å²) >= 11 is 6.23.